The molecule has 0 radical (unpaired) electrons. The van der Waals surface area contributed by atoms with Crippen molar-refractivity contribution in [3.63, 3.8) is 0 Å². The maximum absolute atomic E-state index is 13.2. The molecule has 0 aliphatic rings. The number of nitrogens with one attached hydrogen (secondary N) is 1. The van der Waals surface area contributed by atoms with E-state index in [0.717, 1.165) is 5.56 Å². The van der Waals surface area contributed by atoms with Crippen LogP contribution in [-0.4, -0.2) is 40.5 Å². The number of sulfone groups is 1. The molecule has 0 fully saturated rings. The van der Waals surface area contributed by atoms with Gasteiger partial charge in [0.05, 0.1) is 24.2 Å². The highest BCUT2D eigenvalue weighted by Gasteiger charge is 2.27. The SMILES string of the molecule is CC(C)Cn1c(CN(C(=O)NC(C)(C)C)C(C)C)cnc1S(=O)(=O)Cc1ccccc1. The highest BCUT2D eigenvalue weighted by Crippen LogP contribution is 2.21. The first-order chi connectivity index (χ1) is 14.3. The van der Waals surface area contributed by atoms with E-state index in [4.69, 9.17) is 0 Å². The molecule has 1 heterocycles. The lowest BCUT2D eigenvalue weighted by molar-refractivity contribution is 0.169. The van der Waals surface area contributed by atoms with Crippen LogP contribution in [0, 0.1) is 5.92 Å². The Bertz CT molecular complexity index is 974. The highest BCUT2D eigenvalue weighted by molar-refractivity contribution is 7.90. The average molecular weight is 449 g/mol. The molecule has 0 aliphatic carbocycles. The Kier molecular flexibility index (Phi) is 7.92. The van der Waals surface area contributed by atoms with Gasteiger partial charge < -0.3 is 14.8 Å². The van der Waals surface area contributed by atoms with Crippen LogP contribution in [0.3, 0.4) is 0 Å². The second-order valence-electron chi connectivity index (χ2n) is 9.68. The zero-order chi connectivity index (χ0) is 23.4. The number of urea groups is 1. The van der Waals surface area contributed by atoms with Gasteiger partial charge in [-0.3, -0.25) is 0 Å². The smallest absolute Gasteiger partial charge is 0.318 e. The Morgan fingerprint density at radius 3 is 2.26 bits per heavy atom. The number of amides is 2. The summed E-state index contributed by atoms with van der Waals surface area (Å²) in [5.74, 6) is 0.107. The monoisotopic (exact) mass is 448 g/mol. The van der Waals surface area contributed by atoms with E-state index < -0.39 is 9.84 Å². The zero-order valence-electron chi connectivity index (χ0n) is 19.7. The number of nitrogens with zero attached hydrogens (tertiary/aromatic N) is 3. The Morgan fingerprint density at radius 1 is 1.13 bits per heavy atom. The summed E-state index contributed by atoms with van der Waals surface area (Å²) in [6.07, 6.45) is 1.58. The van der Waals surface area contributed by atoms with Crippen molar-refractivity contribution in [2.45, 2.75) is 84.0 Å². The van der Waals surface area contributed by atoms with Crippen LogP contribution in [0.2, 0.25) is 0 Å². The van der Waals surface area contributed by atoms with Crippen LogP contribution < -0.4 is 5.32 Å². The summed E-state index contributed by atoms with van der Waals surface area (Å²) >= 11 is 0. The molecule has 2 amide bonds. The number of hydrogen-bond acceptors (Lipinski definition) is 4. The third kappa shape index (κ3) is 7.09. The number of carbonyl (C=O) groups is 1. The minimum Gasteiger partial charge on any atom is -0.333 e. The van der Waals surface area contributed by atoms with Gasteiger partial charge in [0.15, 0.2) is 0 Å². The molecular formula is C23H36N4O3S. The Labute approximate surface area is 186 Å². The molecule has 1 aromatic carbocycles. The van der Waals surface area contributed by atoms with E-state index >= 15 is 0 Å². The summed E-state index contributed by atoms with van der Waals surface area (Å²) in [5.41, 5.74) is 1.06. The van der Waals surface area contributed by atoms with Crippen LogP contribution in [-0.2, 0) is 28.7 Å². The standard InChI is InChI=1S/C23H36N4O3S/c1-17(2)14-27-20(15-26(18(3)4)21(28)25-23(5,6)7)13-24-22(27)31(29,30)16-19-11-9-8-10-12-19/h8-13,17-18H,14-16H2,1-7H3,(H,25,28). The van der Waals surface area contributed by atoms with E-state index in [1.54, 1.807) is 27.8 Å². The van der Waals surface area contributed by atoms with Crippen LogP contribution in [0.1, 0.15) is 59.7 Å². The van der Waals surface area contributed by atoms with Crippen LogP contribution in [0.5, 0.6) is 0 Å². The summed E-state index contributed by atoms with van der Waals surface area (Å²) in [6.45, 7) is 14.5. The maximum Gasteiger partial charge on any atom is 0.318 e. The van der Waals surface area contributed by atoms with Gasteiger partial charge in [-0.2, -0.15) is 0 Å². The quantitative estimate of drug-likeness (QED) is 0.655. The Morgan fingerprint density at radius 2 is 1.74 bits per heavy atom. The van der Waals surface area contributed by atoms with Crippen molar-refractivity contribution in [3.8, 4) is 0 Å². The molecule has 0 saturated carbocycles. The molecule has 0 aliphatic heterocycles. The van der Waals surface area contributed by atoms with Gasteiger partial charge in [0.1, 0.15) is 0 Å². The predicted molar refractivity (Wildman–Crippen MR) is 123 cm³/mol. The summed E-state index contributed by atoms with van der Waals surface area (Å²) in [5, 5.41) is 3.05. The van der Waals surface area contributed by atoms with Crippen molar-refractivity contribution in [2.24, 2.45) is 5.92 Å². The molecule has 2 rings (SSSR count). The van der Waals surface area contributed by atoms with Crippen molar-refractivity contribution >= 4 is 15.9 Å². The summed E-state index contributed by atoms with van der Waals surface area (Å²) in [4.78, 5) is 18.9. The van der Waals surface area contributed by atoms with E-state index in [2.05, 4.69) is 10.3 Å². The number of hydrogen-bond donors (Lipinski definition) is 1. The van der Waals surface area contributed by atoms with Gasteiger partial charge >= 0.3 is 6.03 Å². The number of rotatable bonds is 8. The molecule has 2 aromatic rings. The molecule has 7 nitrogen and oxygen atoms in total. The third-order valence-electron chi connectivity index (χ3n) is 4.63. The molecule has 1 N–H and O–H groups in total. The largest absolute Gasteiger partial charge is 0.333 e. The van der Waals surface area contributed by atoms with Crippen molar-refractivity contribution in [2.75, 3.05) is 0 Å². The van der Waals surface area contributed by atoms with E-state index in [1.165, 1.54) is 0 Å². The van der Waals surface area contributed by atoms with E-state index in [9.17, 15) is 13.2 Å². The molecule has 0 unspecified atom stereocenters. The van der Waals surface area contributed by atoms with Gasteiger partial charge in [-0.15, -0.1) is 0 Å². The van der Waals surface area contributed by atoms with Crippen LogP contribution in [0.15, 0.2) is 41.7 Å². The molecule has 8 heteroatoms. The first kappa shape index (κ1) is 24.9. The molecular weight excluding hydrogens is 412 g/mol. The predicted octanol–water partition coefficient (Wildman–Crippen LogP) is 4.23. The second-order valence-corrected chi connectivity index (χ2v) is 11.6. The number of benzene rings is 1. The first-order valence-electron chi connectivity index (χ1n) is 10.7. The van der Waals surface area contributed by atoms with Crippen molar-refractivity contribution < 1.29 is 13.2 Å². The van der Waals surface area contributed by atoms with Gasteiger partial charge in [0, 0.05) is 18.1 Å². The maximum atomic E-state index is 13.2. The lowest BCUT2D eigenvalue weighted by Gasteiger charge is -2.31. The fraction of sp³-hybridized carbons (Fsp3) is 0.565. The molecule has 0 spiro atoms. The van der Waals surface area contributed by atoms with Gasteiger partial charge in [0.25, 0.3) is 0 Å². The summed E-state index contributed by atoms with van der Waals surface area (Å²) in [6, 6.07) is 8.85. The lowest BCUT2D eigenvalue weighted by Crippen LogP contribution is -2.50. The van der Waals surface area contributed by atoms with Gasteiger partial charge in [-0.05, 0) is 46.1 Å². The number of aromatic nitrogens is 2. The van der Waals surface area contributed by atoms with Crippen LogP contribution in [0.4, 0.5) is 4.79 Å². The first-order valence-corrected chi connectivity index (χ1v) is 12.3. The van der Waals surface area contributed by atoms with Crippen LogP contribution >= 0.6 is 0 Å². The lowest BCUT2D eigenvalue weighted by atomic mass is 10.1. The van der Waals surface area contributed by atoms with E-state index in [-0.39, 0.29) is 41.0 Å². The molecule has 172 valence electrons. The highest BCUT2D eigenvalue weighted by atomic mass is 32.2. The van der Waals surface area contributed by atoms with Crippen molar-refractivity contribution in [3.05, 3.63) is 47.8 Å². The topological polar surface area (TPSA) is 84.3 Å². The van der Waals surface area contributed by atoms with Crippen molar-refractivity contribution in [1.29, 1.82) is 0 Å². The second kappa shape index (κ2) is 9.85. The third-order valence-corrected chi connectivity index (χ3v) is 6.22. The average Bonchev–Trinajstić information content (AvgIpc) is 3.00. The minimum atomic E-state index is -3.64. The number of carbonyl (C=O) groups excluding carboxylic acids is 1. The molecule has 31 heavy (non-hydrogen) atoms. The fourth-order valence-corrected chi connectivity index (χ4v) is 4.74. The Hall–Kier alpha value is -2.35. The minimum absolute atomic E-state index is 0.0555. The van der Waals surface area contributed by atoms with Crippen molar-refractivity contribution in [1.82, 2.24) is 19.8 Å². The molecule has 1 aromatic heterocycles. The van der Waals surface area contributed by atoms with Gasteiger partial charge in [-0.1, -0.05) is 44.2 Å². The van der Waals surface area contributed by atoms with Gasteiger partial charge in [0.2, 0.25) is 15.0 Å². The molecule has 0 bridgehead atoms. The van der Waals surface area contributed by atoms with E-state index in [0.29, 0.717) is 12.2 Å². The Balaban J connectivity index is 2.40. The van der Waals surface area contributed by atoms with E-state index in [1.807, 2.05) is 66.7 Å². The molecule has 0 atom stereocenters. The normalized spacial score (nSPS) is 12.4. The fourth-order valence-electron chi connectivity index (χ4n) is 3.24. The van der Waals surface area contributed by atoms with Crippen LogP contribution in [0.25, 0.3) is 0 Å². The number of imidazole rings is 1. The zero-order valence-corrected chi connectivity index (χ0v) is 20.5. The van der Waals surface area contributed by atoms with Gasteiger partial charge in [-0.25, -0.2) is 18.2 Å². The summed E-state index contributed by atoms with van der Waals surface area (Å²) in [7, 11) is -3.64. The molecule has 0 saturated heterocycles. The summed E-state index contributed by atoms with van der Waals surface area (Å²) < 4.78 is 28.1.